The predicted molar refractivity (Wildman–Crippen MR) is 54.7 cm³/mol. The van der Waals surface area contributed by atoms with Gasteiger partial charge in [0.25, 0.3) is 0 Å². The molecule has 1 aromatic rings. The van der Waals surface area contributed by atoms with Crippen molar-refractivity contribution in [3.8, 4) is 0 Å². The van der Waals surface area contributed by atoms with Gasteiger partial charge in [-0.2, -0.15) is 0 Å². The van der Waals surface area contributed by atoms with Gasteiger partial charge in [-0.3, -0.25) is 9.59 Å². The van der Waals surface area contributed by atoms with Gasteiger partial charge < -0.3 is 14.4 Å². The molecule has 1 heterocycles. The number of nitrogens with zero attached hydrogens (tertiary/aromatic N) is 2. The number of likely N-dealkylation sites (N-methyl/N-ethyl adjacent to an activating group) is 1. The van der Waals surface area contributed by atoms with Crippen molar-refractivity contribution in [2.45, 2.75) is 25.8 Å². The van der Waals surface area contributed by atoms with Crippen molar-refractivity contribution >= 4 is 11.9 Å². The molecule has 0 aliphatic carbocycles. The fourth-order valence-electron chi connectivity index (χ4n) is 1.24. The van der Waals surface area contributed by atoms with Crippen molar-refractivity contribution in [3.63, 3.8) is 0 Å². The number of aliphatic carboxylic acids is 1. The lowest BCUT2D eigenvalue weighted by Gasteiger charge is -2.23. The van der Waals surface area contributed by atoms with Gasteiger partial charge in [0.05, 0.1) is 18.5 Å². The summed E-state index contributed by atoms with van der Waals surface area (Å²) in [7, 11) is 1.58. The number of oxazole rings is 1. The predicted octanol–water partition coefficient (Wildman–Crippen LogP) is 0.539. The highest BCUT2D eigenvalue weighted by Crippen LogP contribution is 2.05. The Hall–Kier alpha value is -1.85. The second-order valence-electron chi connectivity index (χ2n) is 3.61. The summed E-state index contributed by atoms with van der Waals surface area (Å²) in [5, 5.41) is 8.61. The number of hydrogen-bond donors (Lipinski definition) is 1. The number of amides is 1. The molecule has 0 aromatic carbocycles. The van der Waals surface area contributed by atoms with Crippen LogP contribution in [0.5, 0.6) is 0 Å². The first-order valence-electron chi connectivity index (χ1n) is 4.85. The Morgan fingerprint density at radius 1 is 1.62 bits per heavy atom. The van der Waals surface area contributed by atoms with Crippen LogP contribution in [0.1, 0.15) is 19.0 Å². The number of carbonyl (C=O) groups excluding carboxylic acids is 1. The smallest absolute Gasteiger partial charge is 0.305 e. The molecule has 1 aromatic heterocycles. The van der Waals surface area contributed by atoms with Gasteiger partial charge in [-0.15, -0.1) is 0 Å². The van der Waals surface area contributed by atoms with E-state index in [1.807, 2.05) is 0 Å². The molecule has 16 heavy (non-hydrogen) atoms. The minimum atomic E-state index is -0.923. The largest absolute Gasteiger partial charge is 0.481 e. The summed E-state index contributed by atoms with van der Waals surface area (Å²) in [5.74, 6) is -1.10. The first kappa shape index (κ1) is 12.2. The number of carboxylic acid groups (broad SMARTS) is 1. The van der Waals surface area contributed by atoms with Crippen LogP contribution >= 0.6 is 0 Å². The Morgan fingerprint density at radius 3 is 2.81 bits per heavy atom. The molecule has 88 valence electrons. The lowest BCUT2D eigenvalue weighted by atomic mass is 10.2. The van der Waals surface area contributed by atoms with E-state index in [-0.39, 0.29) is 24.8 Å². The van der Waals surface area contributed by atoms with Crippen LogP contribution in [-0.2, 0) is 16.0 Å². The highest BCUT2D eigenvalue weighted by atomic mass is 16.4. The van der Waals surface area contributed by atoms with E-state index in [1.165, 1.54) is 17.6 Å². The number of hydrogen-bond acceptors (Lipinski definition) is 4. The molecule has 0 saturated carbocycles. The van der Waals surface area contributed by atoms with Crippen LogP contribution in [0.25, 0.3) is 0 Å². The van der Waals surface area contributed by atoms with E-state index in [0.29, 0.717) is 5.69 Å². The van der Waals surface area contributed by atoms with Gasteiger partial charge in [-0.05, 0) is 6.92 Å². The van der Waals surface area contributed by atoms with Gasteiger partial charge in [0.1, 0.15) is 6.26 Å². The standard InChI is InChI=1S/C10H14N2O4/c1-7(3-10(14)15)12(2)9(13)4-8-5-16-6-11-8/h5-7H,3-4H2,1-2H3,(H,14,15). The number of carbonyl (C=O) groups is 2. The summed E-state index contributed by atoms with van der Waals surface area (Å²) in [6, 6.07) is -0.336. The monoisotopic (exact) mass is 226 g/mol. The molecule has 1 atom stereocenters. The van der Waals surface area contributed by atoms with Gasteiger partial charge >= 0.3 is 5.97 Å². The molecule has 6 heteroatoms. The molecular weight excluding hydrogens is 212 g/mol. The SMILES string of the molecule is CC(CC(=O)O)N(C)C(=O)Cc1cocn1. The summed E-state index contributed by atoms with van der Waals surface area (Å²) in [6.45, 7) is 1.69. The molecule has 0 aliphatic heterocycles. The zero-order valence-corrected chi connectivity index (χ0v) is 9.21. The molecule has 0 spiro atoms. The maximum Gasteiger partial charge on any atom is 0.305 e. The summed E-state index contributed by atoms with van der Waals surface area (Å²) in [4.78, 5) is 27.4. The Balaban J connectivity index is 2.50. The summed E-state index contributed by atoms with van der Waals surface area (Å²) in [6.07, 6.45) is 2.70. The normalized spacial score (nSPS) is 12.1. The zero-order valence-electron chi connectivity index (χ0n) is 9.21. The molecule has 0 aliphatic rings. The number of rotatable bonds is 5. The van der Waals surface area contributed by atoms with Crippen molar-refractivity contribution < 1.29 is 19.1 Å². The van der Waals surface area contributed by atoms with Crippen LogP contribution in [-0.4, -0.2) is 40.0 Å². The van der Waals surface area contributed by atoms with E-state index in [2.05, 4.69) is 4.98 Å². The van der Waals surface area contributed by atoms with Crippen molar-refractivity contribution in [2.75, 3.05) is 7.05 Å². The van der Waals surface area contributed by atoms with E-state index in [9.17, 15) is 9.59 Å². The summed E-state index contributed by atoms with van der Waals surface area (Å²) >= 11 is 0. The van der Waals surface area contributed by atoms with Gasteiger partial charge in [0, 0.05) is 13.1 Å². The maximum absolute atomic E-state index is 11.7. The van der Waals surface area contributed by atoms with E-state index in [0.717, 1.165) is 0 Å². The average Bonchev–Trinajstić information content (AvgIpc) is 2.68. The third-order valence-electron chi connectivity index (χ3n) is 2.34. The fraction of sp³-hybridized carbons (Fsp3) is 0.500. The highest BCUT2D eigenvalue weighted by Gasteiger charge is 2.19. The van der Waals surface area contributed by atoms with Crippen LogP contribution in [0, 0.1) is 0 Å². The van der Waals surface area contributed by atoms with E-state index >= 15 is 0 Å². The van der Waals surface area contributed by atoms with E-state index < -0.39 is 5.97 Å². The van der Waals surface area contributed by atoms with Crippen molar-refractivity contribution in [1.29, 1.82) is 0 Å². The molecule has 1 unspecified atom stereocenters. The minimum absolute atomic E-state index is 0.0684. The quantitative estimate of drug-likeness (QED) is 0.792. The molecule has 0 bridgehead atoms. The third-order valence-corrected chi connectivity index (χ3v) is 2.34. The maximum atomic E-state index is 11.7. The molecule has 0 fully saturated rings. The lowest BCUT2D eigenvalue weighted by molar-refractivity contribution is -0.139. The van der Waals surface area contributed by atoms with E-state index in [4.69, 9.17) is 9.52 Å². The van der Waals surface area contributed by atoms with Gasteiger partial charge in [-0.25, -0.2) is 4.98 Å². The van der Waals surface area contributed by atoms with Crippen molar-refractivity contribution in [3.05, 3.63) is 18.4 Å². The van der Waals surface area contributed by atoms with Crippen molar-refractivity contribution in [2.24, 2.45) is 0 Å². The number of aromatic nitrogens is 1. The third kappa shape index (κ3) is 3.38. The Labute approximate surface area is 92.9 Å². The summed E-state index contributed by atoms with van der Waals surface area (Å²) < 4.78 is 4.74. The Kier molecular flexibility index (Phi) is 4.04. The van der Waals surface area contributed by atoms with Crippen LogP contribution in [0.4, 0.5) is 0 Å². The van der Waals surface area contributed by atoms with Crippen LogP contribution in [0.2, 0.25) is 0 Å². The lowest BCUT2D eigenvalue weighted by Crippen LogP contribution is -2.37. The molecule has 1 rings (SSSR count). The minimum Gasteiger partial charge on any atom is -0.481 e. The Morgan fingerprint density at radius 2 is 2.31 bits per heavy atom. The van der Waals surface area contributed by atoms with Crippen molar-refractivity contribution in [1.82, 2.24) is 9.88 Å². The number of carboxylic acids is 1. The van der Waals surface area contributed by atoms with Crippen LogP contribution in [0.15, 0.2) is 17.1 Å². The zero-order chi connectivity index (χ0) is 12.1. The second kappa shape index (κ2) is 5.29. The highest BCUT2D eigenvalue weighted by molar-refractivity contribution is 5.79. The molecule has 0 radical (unpaired) electrons. The summed E-state index contributed by atoms with van der Waals surface area (Å²) in [5.41, 5.74) is 0.541. The van der Waals surface area contributed by atoms with Gasteiger partial charge in [0.15, 0.2) is 6.39 Å². The Bertz CT molecular complexity index is 361. The van der Waals surface area contributed by atoms with Crippen LogP contribution < -0.4 is 0 Å². The van der Waals surface area contributed by atoms with Crippen LogP contribution in [0.3, 0.4) is 0 Å². The topological polar surface area (TPSA) is 83.6 Å². The van der Waals surface area contributed by atoms with Gasteiger partial charge in [0.2, 0.25) is 5.91 Å². The second-order valence-corrected chi connectivity index (χ2v) is 3.61. The van der Waals surface area contributed by atoms with E-state index in [1.54, 1.807) is 14.0 Å². The first-order valence-corrected chi connectivity index (χ1v) is 4.85. The molecule has 1 N–H and O–H groups in total. The molecule has 1 amide bonds. The fourth-order valence-corrected chi connectivity index (χ4v) is 1.24. The molecule has 6 nitrogen and oxygen atoms in total. The molecule has 0 saturated heterocycles. The first-order chi connectivity index (χ1) is 7.50. The average molecular weight is 226 g/mol. The van der Waals surface area contributed by atoms with Gasteiger partial charge in [-0.1, -0.05) is 0 Å². The molecular formula is C10H14N2O4.